The fourth-order valence-electron chi connectivity index (χ4n) is 3.18. The molecule has 4 heteroatoms. The zero-order chi connectivity index (χ0) is 14.8. The Hall–Kier alpha value is -1.26. The molecular formula is C17H26N2O2. The molecule has 2 unspecified atom stereocenters. The summed E-state index contributed by atoms with van der Waals surface area (Å²) in [5.41, 5.74) is 1.24. The summed E-state index contributed by atoms with van der Waals surface area (Å²) < 4.78 is 10.8. The minimum absolute atomic E-state index is 0.562. The van der Waals surface area contributed by atoms with Gasteiger partial charge >= 0.3 is 0 Å². The van der Waals surface area contributed by atoms with Crippen molar-refractivity contribution in [3.05, 3.63) is 23.8 Å². The Morgan fingerprint density at radius 1 is 1.24 bits per heavy atom. The molecule has 0 amide bonds. The highest BCUT2D eigenvalue weighted by Gasteiger charge is 2.36. The molecule has 0 radical (unpaired) electrons. The van der Waals surface area contributed by atoms with Crippen LogP contribution in [-0.2, 0) is 6.54 Å². The maximum atomic E-state index is 5.53. The molecule has 1 heterocycles. The lowest BCUT2D eigenvalue weighted by Crippen LogP contribution is -2.55. The van der Waals surface area contributed by atoms with Crippen LogP contribution in [0.3, 0.4) is 0 Å². The lowest BCUT2D eigenvalue weighted by Gasteiger charge is -2.39. The molecule has 21 heavy (non-hydrogen) atoms. The van der Waals surface area contributed by atoms with Gasteiger partial charge in [0.2, 0.25) is 0 Å². The van der Waals surface area contributed by atoms with Gasteiger partial charge in [0, 0.05) is 43.3 Å². The second-order valence-electron chi connectivity index (χ2n) is 6.31. The van der Waals surface area contributed by atoms with Crippen LogP contribution < -0.4 is 14.8 Å². The highest BCUT2D eigenvalue weighted by Crippen LogP contribution is 2.35. The number of nitrogens with zero attached hydrogens (tertiary/aromatic N) is 1. The van der Waals surface area contributed by atoms with Crippen molar-refractivity contribution in [2.45, 2.75) is 38.4 Å². The maximum Gasteiger partial charge on any atom is 0.127 e. The topological polar surface area (TPSA) is 33.7 Å². The second kappa shape index (κ2) is 6.24. The third-order valence-corrected chi connectivity index (χ3v) is 4.79. The van der Waals surface area contributed by atoms with Gasteiger partial charge in [-0.2, -0.15) is 0 Å². The summed E-state index contributed by atoms with van der Waals surface area (Å²) in [6.07, 6.45) is 2.79. The van der Waals surface area contributed by atoms with Gasteiger partial charge in [0.25, 0.3) is 0 Å². The zero-order valence-corrected chi connectivity index (χ0v) is 13.3. The molecule has 1 N–H and O–H groups in total. The number of methoxy groups -OCH3 is 2. The van der Waals surface area contributed by atoms with E-state index in [1.165, 1.54) is 18.4 Å². The lowest BCUT2D eigenvalue weighted by molar-refractivity contribution is 0.124. The number of piperazine rings is 1. The molecule has 1 saturated carbocycles. The molecule has 1 aromatic rings. The van der Waals surface area contributed by atoms with Crippen molar-refractivity contribution in [2.75, 3.05) is 27.3 Å². The molecule has 2 aliphatic rings. The summed E-state index contributed by atoms with van der Waals surface area (Å²) in [7, 11) is 3.42. The first kappa shape index (κ1) is 14.7. The van der Waals surface area contributed by atoms with Crippen LogP contribution in [0.2, 0.25) is 0 Å². The predicted molar refractivity (Wildman–Crippen MR) is 83.9 cm³/mol. The third kappa shape index (κ3) is 3.33. The highest BCUT2D eigenvalue weighted by atomic mass is 16.5. The van der Waals surface area contributed by atoms with E-state index in [9.17, 15) is 0 Å². The number of rotatable bonds is 5. The average Bonchev–Trinajstić information content (AvgIpc) is 3.34. The van der Waals surface area contributed by atoms with Gasteiger partial charge in [-0.15, -0.1) is 0 Å². The van der Waals surface area contributed by atoms with E-state index in [2.05, 4.69) is 23.2 Å². The number of hydrogen-bond acceptors (Lipinski definition) is 4. The van der Waals surface area contributed by atoms with E-state index in [4.69, 9.17) is 9.47 Å². The maximum absolute atomic E-state index is 5.53. The molecule has 0 aromatic heterocycles. The Kier molecular flexibility index (Phi) is 4.36. The largest absolute Gasteiger partial charge is 0.497 e. The molecule has 4 nitrogen and oxygen atoms in total. The van der Waals surface area contributed by atoms with E-state index >= 15 is 0 Å². The van der Waals surface area contributed by atoms with Gasteiger partial charge in [0.1, 0.15) is 11.5 Å². The van der Waals surface area contributed by atoms with Crippen molar-refractivity contribution >= 4 is 0 Å². The fourth-order valence-corrected chi connectivity index (χ4v) is 3.18. The Balaban J connectivity index is 1.71. The van der Waals surface area contributed by atoms with Crippen LogP contribution in [-0.4, -0.2) is 44.3 Å². The van der Waals surface area contributed by atoms with Crippen LogP contribution in [0.1, 0.15) is 25.3 Å². The van der Waals surface area contributed by atoms with E-state index < -0.39 is 0 Å². The summed E-state index contributed by atoms with van der Waals surface area (Å²) >= 11 is 0. The van der Waals surface area contributed by atoms with Crippen LogP contribution in [0.25, 0.3) is 0 Å². The molecule has 1 saturated heterocycles. The van der Waals surface area contributed by atoms with Crippen LogP contribution >= 0.6 is 0 Å². The van der Waals surface area contributed by atoms with Crippen molar-refractivity contribution in [3.63, 3.8) is 0 Å². The van der Waals surface area contributed by atoms with Crippen molar-refractivity contribution in [1.82, 2.24) is 10.2 Å². The monoisotopic (exact) mass is 290 g/mol. The van der Waals surface area contributed by atoms with Gasteiger partial charge in [-0.05, 0) is 31.7 Å². The lowest BCUT2D eigenvalue weighted by atomic mass is 10.0. The minimum atomic E-state index is 0.562. The first-order valence-corrected chi connectivity index (χ1v) is 7.89. The van der Waals surface area contributed by atoms with Crippen LogP contribution in [0.5, 0.6) is 11.5 Å². The van der Waals surface area contributed by atoms with E-state index in [1.54, 1.807) is 14.2 Å². The quantitative estimate of drug-likeness (QED) is 0.902. The Bertz CT molecular complexity index is 488. The van der Waals surface area contributed by atoms with Crippen LogP contribution in [0, 0.1) is 5.92 Å². The van der Waals surface area contributed by atoms with Gasteiger partial charge in [-0.3, -0.25) is 4.90 Å². The standard InChI is InChI=1S/C17H26N2O2/c1-12-9-18-16(13-4-5-13)11-19(12)10-14-6-7-15(20-2)8-17(14)21-3/h6-8,12-13,16,18H,4-5,9-11H2,1-3H3. The molecular weight excluding hydrogens is 264 g/mol. The normalized spacial score (nSPS) is 26.6. The van der Waals surface area contributed by atoms with Crippen molar-refractivity contribution in [3.8, 4) is 11.5 Å². The van der Waals surface area contributed by atoms with Crippen LogP contribution in [0.15, 0.2) is 18.2 Å². The van der Waals surface area contributed by atoms with Gasteiger partial charge in [0.05, 0.1) is 14.2 Å². The van der Waals surface area contributed by atoms with Crippen molar-refractivity contribution < 1.29 is 9.47 Å². The summed E-state index contributed by atoms with van der Waals surface area (Å²) in [5.74, 6) is 2.67. The van der Waals surface area contributed by atoms with Gasteiger partial charge < -0.3 is 14.8 Å². The van der Waals surface area contributed by atoms with Crippen molar-refractivity contribution in [1.29, 1.82) is 0 Å². The zero-order valence-electron chi connectivity index (χ0n) is 13.3. The van der Waals surface area contributed by atoms with Gasteiger partial charge in [-0.25, -0.2) is 0 Å². The summed E-state index contributed by atoms with van der Waals surface area (Å²) in [6.45, 7) is 5.46. The minimum Gasteiger partial charge on any atom is -0.497 e. The number of hydrogen-bond donors (Lipinski definition) is 1. The van der Waals surface area contributed by atoms with Crippen LogP contribution in [0.4, 0.5) is 0 Å². The fraction of sp³-hybridized carbons (Fsp3) is 0.647. The van der Waals surface area contributed by atoms with E-state index in [0.29, 0.717) is 12.1 Å². The van der Waals surface area contributed by atoms with E-state index in [0.717, 1.165) is 37.1 Å². The second-order valence-corrected chi connectivity index (χ2v) is 6.31. The molecule has 3 rings (SSSR count). The Labute approximate surface area is 127 Å². The number of nitrogens with one attached hydrogen (secondary N) is 1. The molecule has 0 bridgehead atoms. The predicted octanol–water partition coefficient (Wildman–Crippen LogP) is 2.28. The summed E-state index contributed by atoms with van der Waals surface area (Å²) in [6, 6.07) is 7.35. The van der Waals surface area contributed by atoms with Gasteiger partial charge in [0.15, 0.2) is 0 Å². The molecule has 116 valence electrons. The van der Waals surface area contributed by atoms with Gasteiger partial charge in [-0.1, -0.05) is 6.07 Å². The molecule has 1 aliphatic heterocycles. The first-order valence-electron chi connectivity index (χ1n) is 7.89. The number of benzene rings is 1. The molecule has 1 aliphatic carbocycles. The summed E-state index contributed by atoms with van der Waals surface area (Å²) in [5, 5.41) is 3.70. The van der Waals surface area contributed by atoms with E-state index in [-0.39, 0.29) is 0 Å². The Morgan fingerprint density at radius 2 is 2.05 bits per heavy atom. The smallest absolute Gasteiger partial charge is 0.127 e. The molecule has 2 atom stereocenters. The molecule has 0 spiro atoms. The highest BCUT2D eigenvalue weighted by molar-refractivity contribution is 5.40. The molecule has 2 fully saturated rings. The SMILES string of the molecule is COc1ccc(CN2CC(C3CC3)NCC2C)c(OC)c1. The first-order chi connectivity index (χ1) is 10.2. The number of ether oxygens (including phenoxy) is 2. The Morgan fingerprint density at radius 3 is 2.71 bits per heavy atom. The molecule has 1 aromatic carbocycles. The average molecular weight is 290 g/mol. The summed E-state index contributed by atoms with van der Waals surface area (Å²) in [4.78, 5) is 2.57. The van der Waals surface area contributed by atoms with E-state index in [1.807, 2.05) is 12.1 Å². The van der Waals surface area contributed by atoms with Crippen molar-refractivity contribution in [2.24, 2.45) is 5.92 Å². The third-order valence-electron chi connectivity index (χ3n) is 4.79.